The van der Waals surface area contributed by atoms with Gasteiger partial charge in [0, 0.05) is 12.1 Å². The Balaban J connectivity index is 1.86. The van der Waals surface area contributed by atoms with E-state index in [1.165, 1.54) is 0 Å². The second kappa shape index (κ2) is 5.85. The highest BCUT2D eigenvalue weighted by atomic mass is 19.1. The lowest BCUT2D eigenvalue weighted by Gasteiger charge is -2.32. The number of alkyl halides is 1. The third kappa shape index (κ3) is 2.97. The molecule has 0 bridgehead atoms. The van der Waals surface area contributed by atoms with Gasteiger partial charge in [-0.25, -0.2) is 4.39 Å². The lowest BCUT2D eigenvalue weighted by Crippen LogP contribution is -2.41. The maximum Gasteiger partial charge on any atom is 0.495 e. The van der Waals surface area contributed by atoms with E-state index in [0.717, 1.165) is 11.0 Å². The first-order chi connectivity index (χ1) is 11.1. The number of rotatable bonds is 2. The molecule has 0 spiro atoms. The maximum atomic E-state index is 13.4. The van der Waals surface area contributed by atoms with Gasteiger partial charge < -0.3 is 14.2 Å². The molecule has 1 aromatic rings. The molecule has 2 aliphatic heterocycles. The van der Waals surface area contributed by atoms with Crippen LogP contribution >= 0.6 is 0 Å². The van der Waals surface area contributed by atoms with Gasteiger partial charge in [0.15, 0.2) is 0 Å². The van der Waals surface area contributed by atoms with Crippen molar-refractivity contribution in [3.63, 3.8) is 0 Å². The lowest BCUT2D eigenvalue weighted by atomic mass is 9.75. The van der Waals surface area contributed by atoms with Gasteiger partial charge >= 0.3 is 7.12 Å². The number of hydrogen-bond donors (Lipinski definition) is 0. The lowest BCUT2D eigenvalue weighted by molar-refractivity contribution is 0.00578. The monoisotopic (exact) mass is 333 g/mol. The van der Waals surface area contributed by atoms with Gasteiger partial charge in [0.2, 0.25) is 0 Å². The number of amides is 1. The van der Waals surface area contributed by atoms with Gasteiger partial charge in [-0.1, -0.05) is 11.6 Å². The van der Waals surface area contributed by atoms with Crippen LogP contribution in [0.25, 0.3) is 0 Å². The molecule has 1 atom stereocenters. The molecule has 4 nitrogen and oxygen atoms in total. The van der Waals surface area contributed by atoms with Crippen LogP contribution in [0, 0.1) is 6.92 Å². The summed E-state index contributed by atoms with van der Waals surface area (Å²) in [7, 11) is -0.504. The highest BCUT2D eigenvalue weighted by molar-refractivity contribution is 6.62. The van der Waals surface area contributed by atoms with Crippen LogP contribution in [0.5, 0.6) is 0 Å². The van der Waals surface area contributed by atoms with Crippen molar-refractivity contribution in [2.24, 2.45) is 0 Å². The molecular weight excluding hydrogens is 308 g/mol. The fourth-order valence-electron chi connectivity index (χ4n) is 3.08. The minimum absolute atomic E-state index is 0.132. The van der Waals surface area contributed by atoms with Crippen LogP contribution in [-0.4, -0.2) is 48.4 Å². The highest BCUT2D eigenvalue weighted by Crippen LogP contribution is 2.36. The molecule has 0 saturated carbocycles. The summed E-state index contributed by atoms with van der Waals surface area (Å²) < 4.78 is 25.6. The Morgan fingerprint density at radius 2 is 1.88 bits per heavy atom. The number of hydrogen-bond acceptors (Lipinski definition) is 3. The topological polar surface area (TPSA) is 38.8 Å². The number of benzene rings is 1. The van der Waals surface area contributed by atoms with E-state index in [-0.39, 0.29) is 12.5 Å². The summed E-state index contributed by atoms with van der Waals surface area (Å²) in [5.41, 5.74) is 1.56. The maximum absolute atomic E-state index is 13.4. The van der Waals surface area contributed by atoms with Crippen LogP contribution in [0.3, 0.4) is 0 Å². The zero-order chi connectivity index (χ0) is 17.7. The first kappa shape index (κ1) is 17.4. The molecule has 2 aliphatic rings. The molecule has 2 heterocycles. The van der Waals surface area contributed by atoms with E-state index in [4.69, 9.17) is 9.31 Å². The van der Waals surface area contributed by atoms with Crippen molar-refractivity contribution < 1.29 is 18.5 Å². The molecule has 2 saturated heterocycles. The van der Waals surface area contributed by atoms with Crippen LogP contribution in [0.15, 0.2) is 18.2 Å². The van der Waals surface area contributed by atoms with Crippen molar-refractivity contribution in [3.05, 3.63) is 29.3 Å². The van der Waals surface area contributed by atoms with Gasteiger partial charge in [0.05, 0.1) is 17.7 Å². The quantitative estimate of drug-likeness (QED) is 0.781. The second-order valence-electron chi connectivity index (χ2n) is 7.80. The van der Waals surface area contributed by atoms with Crippen LogP contribution in [0.2, 0.25) is 0 Å². The first-order valence-corrected chi connectivity index (χ1v) is 8.50. The molecule has 0 aliphatic carbocycles. The molecule has 0 unspecified atom stereocenters. The van der Waals surface area contributed by atoms with Crippen molar-refractivity contribution in [3.8, 4) is 0 Å². The van der Waals surface area contributed by atoms with Gasteiger partial charge in [-0.15, -0.1) is 0 Å². The Labute approximate surface area is 143 Å². The minimum atomic E-state index is -0.915. The minimum Gasteiger partial charge on any atom is -0.399 e. The molecular formula is C18H25BFNO3. The molecule has 1 aromatic carbocycles. The summed E-state index contributed by atoms with van der Waals surface area (Å²) in [6.07, 6.45) is -0.497. The Morgan fingerprint density at radius 1 is 1.25 bits per heavy atom. The average molecular weight is 333 g/mol. The summed E-state index contributed by atoms with van der Waals surface area (Å²) in [5.74, 6) is -0.132. The standard InChI is InChI=1S/C18H25BFNO3/c1-12-6-7-13(16(22)21-9-8-14(20)11-21)10-15(12)19-23-17(2,3)18(4,5)24-19/h6-7,10,14H,8-9,11H2,1-5H3/t14-/m0/s1. The third-order valence-corrected chi connectivity index (χ3v) is 5.45. The van der Waals surface area contributed by atoms with Crippen molar-refractivity contribution in [2.75, 3.05) is 13.1 Å². The van der Waals surface area contributed by atoms with Crippen molar-refractivity contribution in [1.29, 1.82) is 0 Å². The average Bonchev–Trinajstić information content (AvgIpc) is 3.00. The van der Waals surface area contributed by atoms with E-state index in [9.17, 15) is 9.18 Å². The van der Waals surface area contributed by atoms with E-state index < -0.39 is 24.5 Å². The number of carbonyl (C=O) groups excluding carboxylic acids is 1. The van der Waals surface area contributed by atoms with Gasteiger partial charge in [0.1, 0.15) is 6.17 Å². The molecule has 3 rings (SSSR count). The summed E-state index contributed by atoms with van der Waals surface area (Å²) in [5, 5.41) is 0. The fourth-order valence-corrected chi connectivity index (χ4v) is 3.08. The largest absolute Gasteiger partial charge is 0.495 e. The predicted octanol–water partition coefficient (Wildman–Crippen LogP) is 2.48. The molecule has 0 radical (unpaired) electrons. The molecule has 0 aromatic heterocycles. The van der Waals surface area contributed by atoms with Gasteiger partial charge in [-0.3, -0.25) is 4.79 Å². The number of aryl methyl sites for hydroxylation is 1. The Kier molecular flexibility index (Phi) is 4.25. The molecule has 24 heavy (non-hydrogen) atoms. The summed E-state index contributed by atoms with van der Waals surface area (Å²) in [4.78, 5) is 14.2. The molecule has 2 fully saturated rings. The van der Waals surface area contributed by atoms with Crippen LogP contribution in [-0.2, 0) is 9.31 Å². The molecule has 1 amide bonds. The highest BCUT2D eigenvalue weighted by Gasteiger charge is 2.52. The van der Waals surface area contributed by atoms with Crippen LogP contribution in [0.4, 0.5) is 4.39 Å². The summed E-state index contributed by atoms with van der Waals surface area (Å²) in [6, 6.07) is 5.51. The molecule has 6 heteroatoms. The van der Waals surface area contributed by atoms with Crippen molar-refractivity contribution >= 4 is 18.5 Å². The summed E-state index contributed by atoms with van der Waals surface area (Å²) >= 11 is 0. The number of likely N-dealkylation sites (tertiary alicyclic amines) is 1. The SMILES string of the molecule is Cc1ccc(C(=O)N2CC[C@H](F)C2)cc1B1OC(C)(C)C(C)(C)O1. The fraction of sp³-hybridized carbons (Fsp3) is 0.611. The third-order valence-electron chi connectivity index (χ3n) is 5.45. The zero-order valence-corrected chi connectivity index (χ0v) is 15.1. The predicted molar refractivity (Wildman–Crippen MR) is 92.3 cm³/mol. The van der Waals surface area contributed by atoms with Gasteiger partial charge in [-0.2, -0.15) is 0 Å². The van der Waals surface area contributed by atoms with E-state index >= 15 is 0 Å². The number of carbonyl (C=O) groups is 1. The van der Waals surface area contributed by atoms with E-state index in [0.29, 0.717) is 18.5 Å². The Bertz CT molecular complexity index is 646. The Hall–Kier alpha value is -1.40. The summed E-state index contributed by atoms with van der Waals surface area (Å²) in [6.45, 7) is 10.6. The Morgan fingerprint density at radius 3 is 2.42 bits per heavy atom. The number of nitrogens with zero attached hydrogens (tertiary/aromatic N) is 1. The second-order valence-corrected chi connectivity index (χ2v) is 7.80. The van der Waals surface area contributed by atoms with E-state index in [1.807, 2.05) is 46.8 Å². The first-order valence-electron chi connectivity index (χ1n) is 8.50. The van der Waals surface area contributed by atoms with Gasteiger partial charge in [0.25, 0.3) is 5.91 Å². The molecule has 0 N–H and O–H groups in total. The van der Waals surface area contributed by atoms with E-state index in [1.54, 1.807) is 11.0 Å². The van der Waals surface area contributed by atoms with Crippen molar-refractivity contribution in [1.82, 2.24) is 4.90 Å². The zero-order valence-electron chi connectivity index (χ0n) is 15.1. The van der Waals surface area contributed by atoms with Gasteiger partial charge in [-0.05, 0) is 58.6 Å². The molecule has 130 valence electrons. The van der Waals surface area contributed by atoms with Crippen LogP contribution < -0.4 is 5.46 Å². The van der Waals surface area contributed by atoms with E-state index in [2.05, 4.69) is 0 Å². The smallest absolute Gasteiger partial charge is 0.399 e. The van der Waals surface area contributed by atoms with Crippen molar-refractivity contribution in [2.45, 2.75) is 58.4 Å². The normalized spacial score (nSPS) is 25.3. The number of halogens is 1. The van der Waals surface area contributed by atoms with Crippen LogP contribution in [0.1, 0.15) is 50.0 Å².